The van der Waals surface area contributed by atoms with Crippen LogP contribution in [-0.4, -0.2) is 0 Å². The van der Waals surface area contributed by atoms with Gasteiger partial charge in [-0.15, -0.1) is 0 Å². The van der Waals surface area contributed by atoms with Gasteiger partial charge in [-0.2, -0.15) is 21.0 Å². The summed E-state index contributed by atoms with van der Waals surface area (Å²) in [6.07, 6.45) is 0. The van der Waals surface area contributed by atoms with Crippen LogP contribution in [0.25, 0.3) is 11.1 Å². The molecule has 0 aliphatic carbocycles. The normalized spacial score (nSPS) is 7.73. The van der Waals surface area contributed by atoms with Crippen molar-refractivity contribution in [3.63, 3.8) is 0 Å². The van der Waals surface area contributed by atoms with Crippen LogP contribution in [0.2, 0.25) is 0 Å². The maximum Gasteiger partial charge on any atom is 0.172 e. The largest absolute Gasteiger partial charge is 0.453 e. The van der Waals surface area contributed by atoms with Gasteiger partial charge in [0, 0.05) is 0 Å². The summed E-state index contributed by atoms with van der Waals surface area (Å²) in [5.74, 6) is 0. The molecule has 0 aliphatic heterocycles. The Balaban J connectivity index is 3.66. The first-order valence-electron chi connectivity index (χ1n) is 3.71. The van der Waals surface area contributed by atoms with E-state index in [0.717, 1.165) is 0 Å². The molecule has 0 unspecified atom stereocenters. The molecule has 0 atom stereocenters. The summed E-state index contributed by atoms with van der Waals surface area (Å²) in [6, 6.07) is 9.31. The third-order valence-corrected chi connectivity index (χ3v) is 1.55. The van der Waals surface area contributed by atoms with Gasteiger partial charge in [-0.1, -0.05) is 0 Å². The van der Waals surface area contributed by atoms with Gasteiger partial charge in [-0.25, -0.2) is 0 Å². The van der Waals surface area contributed by atoms with E-state index in [2.05, 4.69) is 0 Å². The predicted octanol–water partition coefficient (Wildman–Crippen LogP) is -0.325. The zero-order chi connectivity index (χ0) is 11.3. The van der Waals surface area contributed by atoms with Crippen molar-refractivity contribution in [1.29, 1.82) is 21.0 Å². The summed E-state index contributed by atoms with van der Waals surface area (Å²) < 4.78 is 5.01. The number of nitrogens with zero attached hydrogens (tertiary/aromatic N) is 4. The molecule has 0 saturated carbocycles. The average molecular weight is 194 g/mol. The Bertz CT molecular complexity index is 577. The van der Waals surface area contributed by atoms with E-state index in [1.165, 1.54) is 12.1 Å². The molecule has 1 rings (SSSR count). The Morgan fingerprint density at radius 1 is 0.800 bits per heavy atom. The van der Waals surface area contributed by atoms with Crippen molar-refractivity contribution >= 4 is 11.1 Å². The lowest BCUT2D eigenvalue weighted by Gasteiger charge is -1.77. The topological polar surface area (TPSA) is 108 Å². The molecule has 0 aliphatic rings. The molecule has 1 heterocycles. The Kier molecular flexibility index (Phi) is 2.87. The predicted molar refractivity (Wildman–Crippen MR) is 47.2 cm³/mol. The fraction of sp³-hybridized carbons (Fsp3) is 0. The number of hydrogen-bond acceptors (Lipinski definition) is 5. The molecular formula is C10H2N4O. The Labute approximate surface area is 84.6 Å². The van der Waals surface area contributed by atoms with Gasteiger partial charge in [0.25, 0.3) is 0 Å². The van der Waals surface area contributed by atoms with E-state index in [1.807, 2.05) is 0 Å². The van der Waals surface area contributed by atoms with Gasteiger partial charge in [0.15, 0.2) is 22.0 Å². The SMILES string of the molecule is N#CC(C#N)=c1ccc(=C(C#N)C#N)o1. The fourth-order valence-corrected chi connectivity index (χ4v) is 0.877. The number of hydrogen-bond donors (Lipinski definition) is 0. The first kappa shape index (κ1) is 10.1. The van der Waals surface area contributed by atoms with Crippen molar-refractivity contribution in [2.24, 2.45) is 0 Å². The summed E-state index contributed by atoms with van der Waals surface area (Å²) >= 11 is 0. The van der Waals surface area contributed by atoms with Gasteiger partial charge in [-0.3, -0.25) is 0 Å². The fourth-order valence-electron chi connectivity index (χ4n) is 0.877. The quantitative estimate of drug-likeness (QED) is 0.562. The highest BCUT2D eigenvalue weighted by atomic mass is 16.3. The van der Waals surface area contributed by atoms with Crippen LogP contribution < -0.4 is 10.8 Å². The first-order chi connectivity index (χ1) is 7.26. The highest BCUT2D eigenvalue weighted by Crippen LogP contribution is 1.88. The van der Waals surface area contributed by atoms with E-state index >= 15 is 0 Å². The van der Waals surface area contributed by atoms with Gasteiger partial charge in [0.05, 0.1) is 0 Å². The van der Waals surface area contributed by atoms with Crippen LogP contribution in [-0.2, 0) is 0 Å². The molecule has 15 heavy (non-hydrogen) atoms. The van der Waals surface area contributed by atoms with Crippen molar-refractivity contribution in [2.75, 3.05) is 0 Å². The van der Waals surface area contributed by atoms with Crippen LogP contribution >= 0.6 is 0 Å². The van der Waals surface area contributed by atoms with E-state index in [1.54, 1.807) is 24.3 Å². The molecule has 0 amide bonds. The highest BCUT2D eigenvalue weighted by Gasteiger charge is 2.01. The second kappa shape index (κ2) is 4.28. The molecule has 0 radical (unpaired) electrons. The maximum atomic E-state index is 8.54. The molecule has 0 saturated heterocycles. The van der Waals surface area contributed by atoms with E-state index in [9.17, 15) is 0 Å². The van der Waals surface area contributed by atoms with Crippen molar-refractivity contribution in [2.45, 2.75) is 0 Å². The van der Waals surface area contributed by atoms with Gasteiger partial charge in [-0.05, 0) is 12.1 Å². The standard InChI is InChI=1S/C10H2N4O/c11-3-7(4-12)9-1-2-10(15-9)8(5-13)6-14/h1-2H. The number of nitriles is 4. The lowest BCUT2D eigenvalue weighted by atomic mass is 10.3. The molecular weight excluding hydrogens is 192 g/mol. The van der Waals surface area contributed by atoms with Crippen LogP contribution in [0.15, 0.2) is 16.5 Å². The summed E-state index contributed by atoms with van der Waals surface area (Å²) in [6.45, 7) is 0. The molecule has 0 spiro atoms. The first-order valence-corrected chi connectivity index (χ1v) is 3.71. The number of furan rings is 1. The van der Waals surface area contributed by atoms with Crippen LogP contribution in [0, 0.1) is 45.3 Å². The summed E-state index contributed by atoms with van der Waals surface area (Å²) in [4.78, 5) is 0. The molecule has 68 valence electrons. The van der Waals surface area contributed by atoms with Crippen LogP contribution in [0.5, 0.6) is 0 Å². The highest BCUT2D eigenvalue weighted by molar-refractivity contribution is 5.72. The van der Waals surface area contributed by atoms with Crippen LogP contribution in [0.4, 0.5) is 0 Å². The summed E-state index contributed by atoms with van der Waals surface area (Å²) in [5, 5.41) is 34.1. The zero-order valence-corrected chi connectivity index (χ0v) is 7.35. The minimum absolute atomic E-state index is 0.0537. The van der Waals surface area contributed by atoms with E-state index in [4.69, 9.17) is 25.5 Å². The molecule has 1 aromatic rings. The molecule has 1 aromatic heterocycles. The molecule has 0 fully saturated rings. The van der Waals surface area contributed by atoms with Crippen molar-refractivity contribution in [3.05, 3.63) is 23.0 Å². The summed E-state index contributed by atoms with van der Waals surface area (Å²) in [7, 11) is 0. The van der Waals surface area contributed by atoms with Gasteiger partial charge >= 0.3 is 0 Å². The van der Waals surface area contributed by atoms with Crippen LogP contribution in [0.3, 0.4) is 0 Å². The van der Waals surface area contributed by atoms with E-state index in [0.29, 0.717) is 0 Å². The van der Waals surface area contributed by atoms with Gasteiger partial charge < -0.3 is 4.42 Å². The monoisotopic (exact) mass is 194 g/mol. The molecule has 0 N–H and O–H groups in total. The van der Waals surface area contributed by atoms with Crippen molar-refractivity contribution in [1.82, 2.24) is 0 Å². The van der Waals surface area contributed by atoms with E-state index in [-0.39, 0.29) is 22.0 Å². The minimum atomic E-state index is -0.198. The second-order valence-electron chi connectivity index (χ2n) is 2.36. The Hall–Kier alpha value is -3.02. The zero-order valence-electron chi connectivity index (χ0n) is 7.35. The van der Waals surface area contributed by atoms with Crippen molar-refractivity contribution < 1.29 is 4.42 Å². The average Bonchev–Trinajstić information content (AvgIpc) is 2.71. The smallest absolute Gasteiger partial charge is 0.172 e. The third-order valence-electron chi connectivity index (χ3n) is 1.55. The lowest BCUT2D eigenvalue weighted by Crippen LogP contribution is -2.04. The maximum absolute atomic E-state index is 8.54. The van der Waals surface area contributed by atoms with Gasteiger partial charge in [0.1, 0.15) is 24.3 Å². The van der Waals surface area contributed by atoms with Gasteiger partial charge in [0.2, 0.25) is 0 Å². The van der Waals surface area contributed by atoms with Crippen molar-refractivity contribution in [3.8, 4) is 24.3 Å². The van der Waals surface area contributed by atoms with Crippen LogP contribution in [0.1, 0.15) is 0 Å². The molecule has 0 bridgehead atoms. The third kappa shape index (κ3) is 1.83. The molecule has 0 aromatic carbocycles. The Morgan fingerprint density at radius 2 is 1.13 bits per heavy atom. The second-order valence-corrected chi connectivity index (χ2v) is 2.36. The Morgan fingerprint density at radius 3 is 1.40 bits per heavy atom. The lowest BCUT2D eigenvalue weighted by molar-refractivity contribution is 0.500. The molecule has 5 heteroatoms. The minimum Gasteiger partial charge on any atom is -0.453 e. The number of rotatable bonds is 0. The molecule has 5 nitrogen and oxygen atoms in total. The summed E-state index contributed by atoms with van der Waals surface area (Å²) in [5.41, 5.74) is -0.288. The van der Waals surface area contributed by atoms with E-state index < -0.39 is 0 Å².